The van der Waals surface area contributed by atoms with Crippen LogP contribution in [0.2, 0.25) is 0 Å². The van der Waals surface area contributed by atoms with E-state index in [2.05, 4.69) is 17.6 Å². The number of hydrogen-bond donors (Lipinski definition) is 3. The number of fused-ring (bicyclic) bond motifs is 1. The van der Waals surface area contributed by atoms with Crippen molar-refractivity contribution in [2.24, 2.45) is 11.8 Å². The van der Waals surface area contributed by atoms with Crippen LogP contribution in [0.25, 0.3) is 0 Å². The van der Waals surface area contributed by atoms with Gasteiger partial charge < -0.3 is 25.4 Å². The van der Waals surface area contributed by atoms with Crippen molar-refractivity contribution in [3.05, 3.63) is 60.2 Å². The lowest BCUT2D eigenvalue weighted by molar-refractivity contribution is -0.142. The first-order valence-electron chi connectivity index (χ1n) is 13.2. The number of ether oxygens (including phenoxy) is 1. The number of carbonyl (C=O) groups is 3. The normalized spacial score (nSPS) is 30.2. The highest BCUT2D eigenvalue weighted by molar-refractivity contribution is 8.02. The molecule has 3 saturated heterocycles. The minimum atomic E-state index is -0.794. The Bertz CT molecular complexity index is 1200. The van der Waals surface area contributed by atoms with E-state index in [0.29, 0.717) is 30.8 Å². The minimum absolute atomic E-state index is 0.156. The second-order valence-corrected chi connectivity index (χ2v) is 12.5. The Morgan fingerprint density at radius 3 is 2.47 bits per heavy atom. The number of methoxy groups -OCH3 is 1. The maximum atomic E-state index is 14.1. The zero-order valence-electron chi connectivity index (χ0n) is 22.0. The average Bonchev–Trinajstić information content (AvgIpc) is 3.50. The predicted octanol–water partition coefficient (Wildman–Crippen LogP) is 3.20. The van der Waals surface area contributed by atoms with Gasteiger partial charge in [0.2, 0.25) is 17.7 Å². The number of anilines is 1. The summed E-state index contributed by atoms with van der Waals surface area (Å²) < 4.78 is 4.03. The van der Waals surface area contributed by atoms with Crippen molar-refractivity contribution >= 4 is 35.2 Å². The average molecular weight is 538 g/mol. The Labute approximate surface area is 227 Å². The Morgan fingerprint density at radius 2 is 1.84 bits per heavy atom. The van der Waals surface area contributed by atoms with E-state index in [-0.39, 0.29) is 24.3 Å². The lowest BCUT2D eigenvalue weighted by Crippen LogP contribution is -2.54. The van der Waals surface area contributed by atoms with Crippen LogP contribution in [-0.4, -0.2) is 63.0 Å². The summed E-state index contributed by atoms with van der Waals surface area (Å²) in [6.07, 6.45) is 1.90. The fraction of sp³-hybridized carbons (Fsp3) is 0.483. The maximum Gasteiger partial charge on any atom is 0.248 e. The highest BCUT2D eigenvalue weighted by Crippen LogP contribution is 2.71. The van der Waals surface area contributed by atoms with Gasteiger partial charge in [0.1, 0.15) is 11.8 Å². The number of amides is 3. The number of carbonyl (C=O) groups excluding carboxylic acids is 3. The van der Waals surface area contributed by atoms with E-state index in [1.807, 2.05) is 37.3 Å². The lowest BCUT2D eigenvalue weighted by Gasteiger charge is -2.36. The smallest absolute Gasteiger partial charge is 0.248 e. The van der Waals surface area contributed by atoms with E-state index in [0.717, 1.165) is 12.0 Å². The molecule has 0 aliphatic carbocycles. The maximum absolute atomic E-state index is 14.1. The highest BCUT2D eigenvalue weighted by atomic mass is 32.2. The summed E-state index contributed by atoms with van der Waals surface area (Å²) in [5.74, 6) is -1.18. The molecule has 2 aromatic rings. The van der Waals surface area contributed by atoms with Crippen molar-refractivity contribution in [2.75, 3.05) is 19.0 Å². The van der Waals surface area contributed by atoms with Crippen LogP contribution < -0.4 is 15.4 Å². The number of aliphatic hydroxyl groups excluding tert-OH is 1. The van der Waals surface area contributed by atoms with Crippen LogP contribution in [0.3, 0.4) is 0 Å². The largest absolute Gasteiger partial charge is 0.497 e. The van der Waals surface area contributed by atoms with Gasteiger partial charge in [-0.15, -0.1) is 11.8 Å². The molecule has 2 bridgehead atoms. The van der Waals surface area contributed by atoms with Gasteiger partial charge in [-0.25, -0.2) is 0 Å². The molecule has 8 nitrogen and oxygen atoms in total. The lowest BCUT2D eigenvalue weighted by atomic mass is 9.66. The Balaban J connectivity index is 1.47. The number of nitrogens with zero attached hydrogens (tertiary/aromatic N) is 1. The van der Waals surface area contributed by atoms with Crippen molar-refractivity contribution in [3.63, 3.8) is 0 Å². The first-order valence-corrected chi connectivity index (χ1v) is 14.0. The number of rotatable bonds is 9. The van der Waals surface area contributed by atoms with Crippen LogP contribution in [0.4, 0.5) is 5.69 Å². The molecule has 3 fully saturated rings. The molecule has 3 aliphatic rings. The molecule has 0 radical (unpaired) electrons. The molecule has 2 aromatic carbocycles. The van der Waals surface area contributed by atoms with Crippen LogP contribution in [0, 0.1) is 11.8 Å². The summed E-state index contributed by atoms with van der Waals surface area (Å²) in [6, 6.07) is 15.4. The van der Waals surface area contributed by atoms with E-state index in [4.69, 9.17) is 4.74 Å². The highest BCUT2D eigenvalue weighted by Gasteiger charge is 2.77. The monoisotopic (exact) mass is 537 g/mol. The van der Waals surface area contributed by atoms with E-state index < -0.39 is 33.4 Å². The molecular weight excluding hydrogens is 502 g/mol. The van der Waals surface area contributed by atoms with Crippen molar-refractivity contribution in [2.45, 2.75) is 61.2 Å². The molecule has 3 heterocycles. The zero-order valence-corrected chi connectivity index (χ0v) is 22.8. The van der Waals surface area contributed by atoms with Gasteiger partial charge >= 0.3 is 0 Å². The van der Waals surface area contributed by atoms with Crippen molar-refractivity contribution in [1.82, 2.24) is 10.2 Å². The van der Waals surface area contributed by atoms with Gasteiger partial charge in [-0.05, 0) is 56.0 Å². The first kappa shape index (κ1) is 26.6. The minimum Gasteiger partial charge on any atom is -0.497 e. The summed E-state index contributed by atoms with van der Waals surface area (Å²) in [4.78, 5) is 43.4. The quantitative estimate of drug-likeness (QED) is 0.454. The number of hydrogen-bond acceptors (Lipinski definition) is 6. The van der Waals surface area contributed by atoms with E-state index in [1.54, 1.807) is 48.0 Å². The van der Waals surface area contributed by atoms with Gasteiger partial charge in [0.05, 0.1) is 36.3 Å². The number of aliphatic hydroxyl groups is 1. The third-order valence-electron chi connectivity index (χ3n) is 8.49. The summed E-state index contributed by atoms with van der Waals surface area (Å²) in [5.41, 5.74) is 1.58. The third-order valence-corrected chi connectivity index (χ3v) is 10.5. The van der Waals surface area contributed by atoms with Crippen molar-refractivity contribution < 1.29 is 24.2 Å². The molecule has 5 rings (SSSR count). The number of nitrogens with one attached hydrogen (secondary N) is 2. The molecule has 9 heteroatoms. The molecule has 2 unspecified atom stereocenters. The second kappa shape index (κ2) is 10.3. The fourth-order valence-electron chi connectivity index (χ4n) is 6.65. The van der Waals surface area contributed by atoms with Crippen LogP contribution in [0.1, 0.15) is 38.7 Å². The van der Waals surface area contributed by atoms with Gasteiger partial charge in [0, 0.05) is 17.0 Å². The third kappa shape index (κ3) is 4.25. The Morgan fingerprint density at radius 1 is 1.13 bits per heavy atom. The Kier molecular flexibility index (Phi) is 7.17. The predicted molar refractivity (Wildman–Crippen MR) is 147 cm³/mol. The molecule has 0 saturated carbocycles. The number of benzene rings is 2. The summed E-state index contributed by atoms with van der Waals surface area (Å²) in [6.45, 7) is 4.08. The summed E-state index contributed by atoms with van der Waals surface area (Å²) >= 11 is 1.62. The number of likely N-dealkylation sites (tertiary alicyclic amines) is 1. The van der Waals surface area contributed by atoms with Crippen LogP contribution in [0.15, 0.2) is 54.6 Å². The van der Waals surface area contributed by atoms with Gasteiger partial charge in [-0.1, -0.05) is 37.3 Å². The Hall–Kier alpha value is -3.04. The van der Waals surface area contributed by atoms with Crippen molar-refractivity contribution in [3.8, 4) is 5.75 Å². The van der Waals surface area contributed by atoms with E-state index in [1.165, 1.54) is 0 Å². The SMILES string of the molecule is CC[C@@H](CO)N1C(=O)[C@@H]2[C@H](C(=O)NCc3ccccc3)[C@]3(C)CCC2(S3)C1C(=O)Nc1ccc(OC)cc1. The van der Waals surface area contributed by atoms with Crippen LogP contribution in [0.5, 0.6) is 5.75 Å². The molecule has 3 amide bonds. The molecule has 1 spiro atoms. The molecule has 3 aliphatic heterocycles. The molecule has 202 valence electrons. The molecular formula is C29H35N3O5S. The van der Waals surface area contributed by atoms with Crippen LogP contribution >= 0.6 is 11.8 Å². The molecule has 6 atom stereocenters. The molecule has 38 heavy (non-hydrogen) atoms. The van der Waals surface area contributed by atoms with Gasteiger partial charge in [0.25, 0.3) is 0 Å². The summed E-state index contributed by atoms with van der Waals surface area (Å²) in [5, 5.41) is 16.3. The summed E-state index contributed by atoms with van der Waals surface area (Å²) in [7, 11) is 1.58. The van der Waals surface area contributed by atoms with Crippen molar-refractivity contribution in [1.29, 1.82) is 0 Å². The zero-order chi connectivity index (χ0) is 27.1. The van der Waals surface area contributed by atoms with E-state index in [9.17, 15) is 19.5 Å². The molecule has 3 N–H and O–H groups in total. The fourth-order valence-corrected chi connectivity index (χ4v) is 8.99. The van der Waals surface area contributed by atoms with E-state index >= 15 is 0 Å². The second-order valence-electron chi connectivity index (χ2n) is 10.6. The van der Waals surface area contributed by atoms with Crippen LogP contribution in [-0.2, 0) is 20.9 Å². The van der Waals surface area contributed by atoms with Gasteiger partial charge in [-0.3, -0.25) is 14.4 Å². The molecule has 0 aromatic heterocycles. The number of thioether (sulfide) groups is 1. The standard InChI is InChI=1S/C29H35N3O5S/c1-4-20(17-33)32-24(26(35)31-19-10-12-21(37-3)13-11-19)29-15-14-28(2,38-29)22(23(29)27(32)36)25(34)30-16-18-8-6-5-7-9-18/h5-13,20,22-24,33H,4,14-17H2,1-3H3,(H,30,34)(H,31,35)/t20-,22+,23-,24?,28-,29?/m0/s1. The van der Waals surface area contributed by atoms with Gasteiger partial charge in [-0.2, -0.15) is 0 Å². The van der Waals surface area contributed by atoms with Gasteiger partial charge in [0.15, 0.2) is 0 Å². The first-order chi connectivity index (χ1) is 18.3. The topological polar surface area (TPSA) is 108 Å².